The van der Waals surface area contributed by atoms with Gasteiger partial charge in [0.2, 0.25) is 5.91 Å². The van der Waals surface area contributed by atoms with Crippen molar-refractivity contribution in [2.75, 3.05) is 10.6 Å². The summed E-state index contributed by atoms with van der Waals surface area (Å²) < 4.78 is 1.05. The van der Waals surface area contributed by atoms with E-state index in [1.54, 1.807) is 36.4 Å². The predicted molar refractivity (Wildman–Crippen MR) is 113 cm³/mol. The maximum Gasteiger partial charge on any atom is 0.257 e. The molecule has 0 aromatic heterocycles. The Morgan fingerprint density at radius 3 is 2.20 bits per heavy atom. The van der Waals surface area contributed by atoms with E-state index in [1.807, 2.05) is 26.0 Å². The Morgan fingerprint density at radius 1 is 1.00 bits per heavy atom. The highest BCUT2D eigenvalue weighted by Crippen LogP contribution is 2.16. The van der Waals surface area contributed by atoms with E-state index in [9.17, 15) is 9.59 Å². The number of halogens is 1. The molecule has 2 aromatic carbocycles. The second-order valence-corrected chi connectivity index (χ2v) is 7.29. The zero-order chi connectivity index (χ0) is 18.4. The molecule has 0 aliphatic rings. The minimum absolute atomic E-state index is 0.0632. The van der Waals surface area contributed by atoms with Gasteiger partial charge in [0, 0.05) is 26.4 Å². The summed E-state index contributed by atoms with van der Waals surface area (Å²) in [5.41, 5.74) is 1.87. The fourth-order valence-corrected chi connectivity index (χ4v) is 2.47. The minimum Gasteiger partial charge on any atom is -0.332 e. The Balaban J connectivity index is 1.97. The number of hydrogen-bond acceptors (Lipinski definition) is 3. The third-order valence-electron chi connectivity index (χ3n) is 3.25. The van der Waals surface area contributed by atoms with Gasteiger partial charge in [0.25, 0.3) is 5.91 Å². The number of benzene rings is 2. The van der Waals surface area contributed by atoms with Crippen molar-refractivity contribution in [1.29, 1.82) is 0 Å². The first-order valence-electron chi connectivity index (χ1n) is 7.64. The number of amides is 2. The fourth-order valence-electron chi connectivity index (χ4n) is 1.90. The Bertz CT molecular complexity index is 791. The SMILES string of the molecule is CC(C)C(=O)Nc1cccc(NC(=S)NC(=O)c2ccc(I)cc2)c1. The summed E-state index contributed by atoms with van der Waals surface area (Å²) >= 11 is 7.35. The van der Waals surface area contributed by atoms with Crippen molar-refractivity contribution >= 4 is 63.1 Å². The monoisotopic (exact) mass is 467 g/mol. The van der Waals surface area contributed by atoms with Crippen LogP contribution in [0.3, 0.4) is 0 Å². The summed E-state index contributed by atoms with van der Waals surface area (Å²) in [6, 6.07) is 14.3. The average Bonchev–Trinajstić information content (AvgIpc) is 2.55. The molecule has 0 fully saturated rings. The van der Waals surface area contributed by atoms with Crippen molar-refractivity contribution in [2.24, 2.45) is 5.92 Å². The van der Waals surface area contributed by atoms with E-state index >= 15 is 0 Å². The number of carbonyl (C=O) groups excluding carboxylic acids is 2. The first kappa shape index (κ1) is 19.3. The Morgan fingerprint density at radius 2 is 1.60 bits per heavy atom. The molecule has 0 aliphatic heterocycles. The topological polar surface area (TPSA) is 70.2 Å². The zero-order valence-corrected chi connectivity index (χ0v) is 16.8. The molecule has 3 N–H and O–H groups in total. The maximum absolute atomic E-state index is 12.1. The molecule has 0 radical (unpaired) electrons. The van der Waals surface area contributed by atoms with E-state index < -0.39 is 0 Å². The van der Waals surface area contributed by atoms with Gasteiger partial charge in [-0.25, -0.2) is 0 Å². The summed E-state index contributed by atoms with van der Waals surface area (Å²) in [6.07, 6.45) is 0. The fraction of sp³-hybridized carbons (Fsp3) is 0.167. The lowest BCUT2D eigenvalue weighted by Crippen LogP contribution is -2.34. The zero-order valence-electron chi connectivity index (χ0n) is 13.8. The van der Waals surface area contributed by atoms with E-state index in [0.29, 0.717) is 16.9 Å². The molecule has 0 saturated carbocycles. The van der Waals surface area contributed by atoms with Crippen LogP contribution in [0.25, 0.3) is 0 Å². The largest absolute Gasteiger partial charge is 0.332 e. The van der Waals surface area contributed by atoms with Gasteiger partial charge in [-0.3, -0.25) is 14.9 Å². The lowest BCUT2D eigenvalue weighted by Gasteiger charge is -2.12. The third kappa shape index (κ3) is 6.09. The number of thiocarbonyl (C=S) groups is 1. The van der Waals surface area contributed by atoms with Crippen LogP contribution in [0, 0.1) is 9.49 Å². The summed E-state index contributed by atoms with van der Waals surface area (Å²) in [7, 11) is 0. The Kier molecular flexibility index (Phi) is 6.89. The molecule has 0 aliphatic carbocycles. The quantitative estimate of drug-likeness (QED) is 0.470. The highest BCUT2D eigenvalue weighted by molar-refractivity contribution is 14.1. The van der Waals surface area contributed by atoms with Crippen LogP contribution in [-0.4, -0.2) is 16.9 Å². The first-order chi connectivity index (χ1) is 11.8. The molecular weight excluding hydrogens is 449 g/mol. The molecule has 2 rings (SSSR count). The molecule has 0 saturated heterocycles. The molecule has 0 unspecified atom stereocenters. The Hall–Kier alpha value is -2.00. The second-order valence-electron chi connectivity index (χ2n) is 5.64. The van der Waals surface area contributed by atoms with E-state index in [1.165, 1.54) is 0 Å². The van der Waals surface area contributed by atoms with Crippen LogP contribution < -0.4 is 16.0 Å². The number of nitrogens with one attached hydrogen (secondary N) is 3. The molecule has 130 valence electrons. The van der Waals surface area contributed by atoms with Gasteiger partial charge in [-0.1, -0.05) is 19.9 Å². The molecule has 0 heterocycles. The van der Waals surface area contributed by atoms with Gasteiger partial charge in [0.15, 0.2) is 5.11 Å². The van der Waals surface area contributed by atoms with E-state index in [2.05, 4.69) is 38.5 Å². The number of carbonyl (C=O) groups is 2. The summed E-state index contributed by atoms with van der Waals surface area (Å²) in [5.74, 6) is -0.448. The minimum atomic E-state index is -0.279. The van der Waals surface area contributed by atoms with E-state index in [0.717, 1.165) is 3.57 Å². The van der Waals surface area contributed by atoms with Crippen LogP contribution >= 0.6 is 34.8 Å². The Labute approximate surface area is 165 Å². The molecular formula is C18H18IN3O2S. The van der Waals surface area contributed by atoms with Gasteiger partial charge in [0.1, 0.15) is 0 Å². The van der Waals surface area contributed by atoms with Crippen molar-refractivity contribution in [1.82, 2.24) is 5.32 Å². The molecule has 2 amide bonds. The van der Waals surface area contributed by atoms with Crippen molar-refractivity contribution < 1.29 is 9.59 Å². The van der Waals surface area contributed by atoms with Gasteiger partial charge in [-0.05, 0) is 77.3 Å². The van der Waals surface area contributed by atoms with Crippen LogP contribution in [0.1, 0.15) is 24.2 Å². The highest BCUT2D eigenvalue weighted by atomic mass is 127. The molecule has 25 heavy (non-hydrogen) atoms. The van der Waals surface area contributed by atoms with Crippen molar-refractivity contribution in [3.05, 3.63) is 57.7 Å². The lowest BCUT2D eigenvalue weighted by atomic mass is 10.2. The number of anilines is 2. The third-order valence-corrected chi connectivity index (χ3v) is 4.17. The maximum atomic E-state index is 12.1. The normalized spacial score (nSPS) is 10.2. The predicted octanol–water partition coefficient (Wildman–Crippen LogP) is 4.01. The molecule has 5 nitrogen and oxygen atoms in total. The molecule has 0 atom stereocenters. The van der Waals surface area contributed by atoms with Gasteiger partial charge >= 0.3 is 0 Å². The van der Waals surface area contributed by atoms with Gasteiger partial charge in [-0.2, -0.15) is 0 Å². The summed E-state index contributed by atoms with van der Waals surface area (Å²) in [4.78, 5) is 23.9. The average molecular weight is 467 g/mol. The number of rotatable bonds is 4. The van der Waals surface area contributed by atoms with E-state index in [-0.39, 0.29) is 22.8 Å². The summed E-state index contributed by atoms with van der Waals surface area (Å²) in [6.45, 7) is 3.65. The van der Waals surface area contributed by atoms with Gasteiger partial charge in [-0.15, -0.1) is 0 Å². The highest BCUT2D eigenvalue weighted by Gasteiger charge is 2.09. The van der Waals surface area contributed by atoms with Crippen LogP contribution in [0.4, 0.5) is 11.4 Å². The lowest BCUT2D eigenvalue weighted by molar-refractivity contribution is -0.118. The van der Waals surface area contributed by atoms with Crippen LogP contribution in [0.5, 0.6) is 0 Å². The second kappa shape index (κ2) is 8.91. The molecule has 0 bridgehead atoms. The smallest absolute Gasteiger partial charge is 0.257 e. The first-order valence-corrected chi connectivity index (χ1v) is 9.12. The van der Waals surface area contributed by atoms with Crippen molar-refractivity contribution in [3.8, 4) is 0 Å². The van der Waals surface area contributed by atoms with Gasteiger partial charge in [0.05, 0.1) is 0 Å². The van der Waals surface area contributed by atoms with E-state index in [4.69, 9.17) is 12.2 Å². The molecule has 7 heteroatoms. The number of hydrogen-bond donors (Lipinski definition) is 3. The summed E-state index contributed by atoms with van der Waals surface area (Å²) in [5, 5.41) is 8.59. The van der Waals surface area contributed by atoms with Crippen LogP contribution in [-0.2, 0) is 4.79 Å². The van der Waals surface area contributed by atoms with Crippen LogP contribution in [0.2, 0.25) is 0 Å². The van der Waals surface area contributed by atoms with Crippen molar-refractivity contribution in [3.63, 3.8) is 0 Å². The van der Waals surface area contributed by atoms with Crippen molar-refractivity contribution in [2.45, 2.75) is 13.8 Å². The standard InChI is InChI=1S/C18H18IN3O2S/c1-11(2)16(23)20-14-4-3-5-15(10-14)21-18(25)22-17(24)12-6-8-13(19)9-7-12/h3-11H,1-2H3,(H,20,23)(H2,21,22,24,25). The van der Waals surface area contributed by atoms with Crippen LogP contribution in [0.15, 0.2) is 48.5 Å². The molecule has 0 spiro atoms. The van der Waals surface area contributed by atoms with Gasteiger partial charge < -0.3 is 10.6 Å². The molecule has 2 aromatic rings.